The molecule has 0 aliphatic carbocycles. The third kappa shape index (κ3) is 2.71. The Balaban J connectivity index is 2.22. The highest BCUT2D eigenvalue weighted by atomic mass is 79.9. The molecule has 0 amide bonds. The third-order valence-corrected chi connectivity index (χ3v) is 4.41. The molecule has 0 fully saturated rings. The van der Waals surface area contributed by atoms with Gasteiger partial charge in [-0.3, -0.25) is 0 Å². The highest BCUT2D eigenvalue weighted by Gasteiger charge is 2.14. The van der Waals surface area contributed by atoms with Crippen molar-refractivity contribution in [2.45, 2.75) is 6.54 Å². The highest BCUT2D eigenvalue weighted by molar-refractivity contribution is 9.10. The molecule has 5 N–H and O–H groups in total. The fourth-order valence-electron chi connectivity index (χ4n) is 1.47. The molecule has 1 aromatic heterocycles. The maximum absolute atomic E-state index is 13.9. The summed E-state index contributed by atoms with van der Waals surface area (Å²) in [6.45, 7) is 0.470. The summed E-state index contributed by atoms with van der Waals surface area (Å²) in [5.41, 5.74) is 11.8. The number of nitrogen functional groups attached to an aromatic ring is 2. The van der Waals surface area contributed by atoms with Crippen molar-refractivity contribution in [3.63, 3.8) is 0 Å². The molecule has 1 aromatic carbocycles. The Bertz CT molecular complexity index is 588. The first kappa shape index (κ1) is 13.5. The van der Waals surface area contributed by atoms with E-state index in [0.717, 1.165) is 9.35 Å². The summed E-state index contributed by atoms with van der Waals surface area (Å²) >= 11 is 10.7. The van der Waals surface area contributed by atoms with Crippen LogP contribution in [0.3, 0.4) is 0 Å². The molecule has 3 nitrogen and oxygen atoms in total. The molecule has 0 aliphatic heterocycles. The van der Waals surface area contributed by atoms with E-state index in [-0.39, 0.29) is 22.1 Å². The first-order valence-corrected chi connectivity index (χ1v) is 7.04. The lowest BCUT2D eigenvalue weighted by Crippen LogP contribution is -2.05. The van der Waals surface area contributed by atoms with Crippen molar-refractivity contribution in [2.75, 3.05) is 16.8 Å². The molecule has 0 radical (unpaired) electrons. The van der Waals surface area contributed by atoms with Crippen LogP contribution in [0.1, 0.15) is 4.88 Å². The van der Waals surface area contributed by atoms with E-state index in [4.69, 9.17) is 23.1 Å². The number of anilines is 3. The standard InChI is InChI=1S/C11H10BrClFN3S/c12-5-1-6(18-4-5)3-17-11-8(16)2-7(15)9(13)10(11)14/h1-2,4,17H,3,15-16H2. The zero-order valence-electron chi connectivity index (χ0n) is 9.14. The zero-order valence-corrected chi connectivity index (χ0v) is 12.3. The van der Waals surface area contributed by atoms with Gasteiger partial charge in [0.25, 0.3) is 0 Å². The molecule has 0 spiro atoms. The van der Waals surface area contributed by atoms with Crippen LogP contribution in [0.5, 0.6) is 0 Å². The smallest absolute Gasteiger partial charge is 0.169 e. The maximum Gasteiger partial charge on any atom is 0.169 e. The molecule has 2 aromatic rings. The number of halogens is 3. The van der Waals surface area contributed by atoms with Crippen LogP contribution in [0.15, 0.2) is 22.0 Å². The van der Waals surface area contributed by atoms with E-state index in [1.54, 1.807) is 11.3 Å². The normalized spacial score (nSPS) is 10.6. The lowest BCUT2D eigenvalue weighted by atomic mass is 10.2. The van der Waals surface area contributed by atoms with Gasteiger partial charge >= 0.3 is 0 Å². The van der Waals surface area contributed by atoms with E-state index in [1.165, 1.54) is 6.07 Å². The number of rotatable bonds is 3. The first-order chi connectivity index (χ1) is 8.49. The Morgan fingerprint density at radius 2 is 2.06 bits per heavy atom. The third-order valence-electron chi connectivity index (χ3n) is 2.33. The summed E-state index contributed by atoms with van der Waals surface area (Å²) in [6, 6.07) is 3.39. The number of hydrogen-bond acceptors (Lipinski definition) is 4. The van der Waals surface area contributed by atoms with Gasteiger partial charge in [-0.1, -0.05) is 11.6 Å². The molecular formula is C11H10BrClFN3S. The molecule has 96 valence electrons. The van der Waals surface area contributed by atoms with Crippen LogP contribution in [0.25, 0.3) is 0 Å². The Morgan fingerprint density at radius 1 is 1.33 bits per heavy atom. The monoisotopic (exact) mass is 349 g/mol. The van der Waals surface area contributed by atoms with E-state index < -0.39 is 5.82 Å². The average Bonchev–Trinajstić information content (AvgIpc) is 2.72. The SMILES string of the molecule is Nc1cc(N)c(NCc2cc(Br)cs2)c(F)c1Cl. The molecule has 0 aliphatic rings. The highest BCUT2D eigenvalue weighted by Crippen LogP contribution is 2.34. The van der Waals surface area contributed by atoms with Gasteiger partial charge in [-0.25, -0.2) is 4.39 Å². The number of nitrogens with one attached hydrogen (secondary N) is 1. The minimum absolute atomic E-state index is 0.112. The fourth-order valence-corrected chi connectivity index (χ4v) is 3.01. The number of benzene rings is 1. The molecular weight excluding hydrogens is 341 g/mol. The lowest BCUT2D eigenvalue weighted by Gasteiger charge is -2.12. The molecule has 0 saturated carbocycles. The van der Waals surface area contributed by atoms with Crippen molar-refractivity contribution < 1.29 is 4.39 Å². The van der Waals surface area contributed by atoms with Gasteiger partial charge in [0.2, 0.25) is 0 Å². The minimum Gasteiger partial charge on any atom is -0.397 e. The summed E-state index contributed by atoms with van der Waals surface area (Å²) in [5, 5.41) is 4.77. The first-order valence-electron chi connectivity index (χ1n) is 4.98. The fraction of sp³-hybridized carbons (Fsp3) is 0.0909. The second kappa shape index (κ2) is 5.34. The van der Waals surface area contributed by atoms with Crippen LogP contribution in [0.4, 0.5) is 21.5 Å². The second-order valence-corrected chi connectivity index (χ2v) is 5.93. The number of hydrogen-bond donors (Lipinski definition) is 3. The van der Waals surface area contributed by atoms with Gasteiger partial charge in [-0.2, -0.15) is 0 Å². The van der Waals surface area contributed by atoms with Gasteiger partial charge in [-0.05, 0) is 28.1 Å². The molecule has 0 atom stereocenters. The largest absolute Gasteiger partial charge is 0.397 e. The second-order valence-electron chi connectivity index (χ2n) is 3.64. The van der Waals surface area contributed by atoms with Crippen molar-refractivity contribution in [2.24, 2.45) is 0 Å². The van der Waals surface area contributed by atoms with Crippen molar-refractivity contribution in [3.05, 3.63) is 37.7 Å². The molecule has 2 rings (SSSR count). The Kier molecular flexibility index (Phi) is 3.99. The quantitative estimate of drug-likeness (QED) is 0.731. The van der Waals surface area contributed by atoms with Crippen LogP contribution in [0, 0.1) is 5.82 Å². The van der Waals surface area contributed by atoms with E-state index in [1.807, 2.05) is 11.4 Å². The van der Waals surface area contributed by atoms with E-state index in [2.05, 4.69) is 21.2 Å². The van der Waals surface area contributed by atoms with Crippen molar-refractivity contribution in [3.8, 4) is 0 Å². The van der Waals surface area contributed by atoms with E-state index >= 15 is 0 Å². The van der Waals surface area contributed by atoms with Crippen molar-refractivity contribution in [1.82, 2.24) is 0 Å². The summed E-state index contributed by atoms with van der Waals surface area (Å²) < 4.78 is 14.9. The average molecular weight is 351 g/mol. The molecule has 0 unspecified atom stereocenters. The molecule has 7 heteroatoms. The zero-order chi connectivity index (χ0) is 13.3. The van der Waals surface area contributed by atoms with Crippen LogP contribution in [-0.2, 0) is 6.54 Å². The van der Waals surface area contributed by atoms with Gasteiger partial charge in [-0.15, -0.1) is 11.3 Å². The summed E-state index contributed by atoms with van der Waals surface area (Å²) in [6.07, 6.45) is 0. The predicted octanol–water partition coefficient (Wildman–Crippen LogP) is 4.08. The summed E-state index contributed by atoms with van der Waals surface area (Å²) in [4.78, 5) is 1.05. The lowest BCUT2D eigenvalue weighted by molar-refractivity contribution is 0.632. The Labute approximate surface area is 121 Å². The predicted molar refractivity (Wildman–Crippen MR) is 79.6 cm³/mol. The number of thiophene rings is 1. The van der Waals surface area contributed by atoms with Gasteiger partial charge in [0.05, 0.1) is 17.1 Å². The van der Waals surface area contributed by atoms with Gasteiger partial charge in [0.15, 0.2) is 5.82 Å². The summed E-state index contributed by atoms with van der Waals surface area (Å²) in [5.74, 6) is -0.621. The van der Waals surface area contributed by atoms with E-state index in [0.29, 0.717) is 6.54 Å². The van der Waals surface area contributed by atoms with Gasteiger partial charge in [0.1, 0.15) is 5.02 Å². The number of nitrogens with two attached hydrogens (primary N) is 2. The van der Waals surface area contributed by atoms with Crippen molar-refractivity contribution in [1.29, 1.82) is 0 Å². The van der Waals surface area contributed by atoms with Gasteiger partial charge < -0.3 is 16.8 Å². The topological polar surface area (TPSA) is 64.1 Å². The molecule has 1 heterocycles. The Hall–Kier alpha value is -0.980. The minimum atomic E-state index is -0.621. The van der Waals surface area contributed by atoms with Crippen molar-refractivity contribution >= 4 is 55.9 Å². The van der Waals surface area contributed by atoms with Gasteiger partial charge in [0, 0.05) is 21.3 Å². The van der Waals surface area contributed by atoms with Crippen LogP contribution in [-0.4, -0.2) is 0 Å². The van der Waals surface area contributed by atoms with E-state index in [9.17, 15) is 4.39 Å². The van der Waals surface area contributed by atoms with Crippen LogP contribution < -0.4 is 16.8 Å². The van der Waals surface area contributed by atoms with Crippen LogP contribution >= 0.6 is 38.9 Å². The Morgan fingerprint density at radius 3 is 2.67 bits per heavy atom. The summed E-state index contributed by atoms with van der Waals surface area (Å²) in [7, 11) is 0. The molecule has 18 heavy (non-hydrogen) atoms. The maximum atomic E-state index is 13.9. The molecule has 0 saturated heterocycles. The van der Waals surface area contributed by atoms with Crippen LogP contribution in [0.2, 0.25) is 5.02 Å². The molecule has 0 bridgehead atoms.